The number of benzene rings is 2. The lowest BCUT2D eigenvalue weighted by Crippen LogP contribution is -2.15. The fraction of sp³-hybridized carbons (Fsp3) is 0.133. The molecule has 20 heavy (non-hydrogen) atoms. The Labute approximate surface area is 121 Å². The molecule has 0 aliphatic rings. The number of nitrogens with one attached hydrogen (secondary N) is 1. The molecule has 0 saturated heterocycles. The van der Waals surface area contributed by atoms with Gasteiger partial charge in [-0.3, -0.25) is 4.79 Å². The molecule has 2 aromatic carbocycles. The molecule has 104 valence electrons. The average molecular weight is 293 g/mol. The van der Waals surface area contributed by atoms with Gasteiger partial charge in [-0.25, -0.2) is 4.39 Å². The van der Waals surface area contributed by atoms with E-state index in [0.29, 0.717) is 11.4 Å². The molecule has 2 aromatic rings. The number of anilines is 2. The lowest BCUT2D eigenvalue weighted by Gasteiger charge is -2.12. The van der Waals surface area contributed by atoms with Gasteiger partial charge in [0.05, 0.1) is 22.0 Å². The summed E-state index contributed by atoms with van der Waals surface area (Å²) in [5.41, 5.74) is 8.53. The van der Waals surface area contributed by atoms with Crippen LogP contribution < -0.4 is 11.1 Å². The molecule has 0 radical (unpaired) electrons. The van der Waals surface area contributed by atoms with Crippen molar-refractivity contribution in [3.63, 3.8) is 0 Å². The summed E-state index contributed by atoms with van der Waals surface area (Å²) in [6, 6.07) is 7.60. The maximum Gasteiger partial charge on any atom is 0.260 e. The summed E-state index contributed by atoms with van der Waals surface area (Å²) in [5.74, 6) is -1.29. The van der Waals surface area contributed by atoms with Gasteiger partial charge in [-0.2, -0.15) is 0 Å². The van der Waals surface area contributed by atoms with Crippen molar-refractivity contribution < 1.29 is 9.18 Å². The Kier molecular flexibility index (Phi) is 3.95. The van der Waals surface area contributed by atoms with Crippen molar-refractivity contribution in [3.8, 4) is 0 Å². The van der Waals surface area contributed by atoms with Gasteiger partial charge < -0.3 is 11.1 Å². The van der Waals surface area contributed by atoms with E-state index in [-0.39, 0.29) is 10.6 Å². The van der Waals surface area contributed by atoms with E-state index >= 15 is 0 Å². The number of nitrogen functional groups attached to an aromatic ring is 1. The second-order valence-electron chi connectivity index (χ2n) is 4.57. The molecule has 0 spiro atoms. The SMILES string of the molecule is Cc1cc(N)c(NC(=O)c2c(F)cccc2Cl)cc1C. The zero-order valence-electron chi connectivity index (χ0n) is 11.1. The molecule has 0 bridgehead atoms. The molecule has 0 aliphatic carbocycles. The monoisotopic (exact) mass is 292 g/mol. The highest BCUT2D eigenvalue weighted by Gasteiger charge is 2.17. The van der Waals surface area contributed by atoms with Crippen LogP contribution in [0.15, 0.2) is 30.3 Å². The molecule has 0 fully saturated rings. The number of hydrogen-bond donors (Lipinski definition) is 2. The largest absolute Gasteiger partial charge is 0.397 e. The van der Waals surface area contributed by atoms with Crippen molar-refractivity contribution >= 4 is 28.9 Å². The highest BCUT2D eigenvalue weighted by Crippen LogP contribution is 2.25. The minimum absolute atomic E-state index is 0.0601. The number of aryl methyl sites for hydroxylation is 2. The molecule has 0 aliphatic heterocycles. The molecule has 3 nitrogen and oxygen atoms in total. The standard InChI is InChI=1S/C15H14ClFN2O/c1-8-6-12(18)13(7-9(8)2)19-15(20)14-10(16)4-3-5-11(14)17/h3-7H,18H2,1-2H3,(H,19,20). The molecule has 1 amide bonds. The van der Waals surface area contributed by atoms with E-state index in [1.165, 1.54) is 18.2 Å². The van der Waals surface area contributed by atoms with Gasteiger partial charge in [-0.15, -0.1) is 0 Å². The summed E-state index contributed by atoms with van der Waals surface area (Å²) in [7, 11) is 0. The van der Waals surface area contributed by atoms with Crippen LogP contribution in [-0.4, -0.2) is 5.91 Å². The van der Waals surface area contributed by atoms with Crippen molar-refractivity contribution in [1.29, 1.82) is 0 Å². The second-order valence-corrected chi connectivity index (χ2v) is 4.98. The molecule has 0 saturated carbocycles. The predicted octanol–water partition coefficient (Wildman–Crippen LogP) is 3.93. The molecule has 3 N–H and O–H groups in total. The number of carbonyl (C=O) groups excluding carboxylic acids is 1. The minimum Gasteiger partial charge on any atom is -0.397 e. The Morgan fingerprint density at radius 1 is 1.25 bits per heavy atom. The van der Waals surface area contributed by atoms with Crippen molar-refractivity contribution in [2.75, 3.05) is 11.1 Å². The fourth-order valence-electron chi connectivity index (χ4n) is 1.85. The van der Waals surface area contributed by atoms with Crippen LogP contribution in [0.5, 0.6) is 0 Å². The molecular weight excluding hydrogens is 279 g/mol. The highest BCUT2D eigenvalue weighted by molar-refractivity contribution is 6.34. The Morgan fingerprint density at radius 2 is 1.90 bits per heavy atom. The van der Waals surface area contributed by atoms with Gasteiger partial charge in [0, 0.05) is 0 Å². The van der Waals surface area contributed by atoms with Gasteiger partial charge in [0.25, 0.3) is 5.91 Å². The maximum absolute atomic E-state index is 13.7. The summed E-state index contributed by atoms with van der Waals surface area (Å²) in [6.07, 6.45) is 0. The van der Waals surface area contributed by atoms with Crippen LogP contribution in [0.25, 0.3) is 0 Å². The Hall–Kier alpha value is -2.07. The number of amides is 1. The molecule has 0 atom stereocenters. The van der Waals surface area contributed by atoms with Crippen molar-refractivity contribution in [1.82, 2.24) is 0 Å². The maximum atomic E-state index is 13.7. The molecule has 0 heterocycles. The van der Waals surface area contributed by atoms with Crippen LogP contribution in [0.4, 0.5) is 15.8 Å². The third-order valence-electron chi connectivity index (χ3n) is 3.10. The van der Waals surface area contributed by atoms with E-state index in [4.69, 9.17) is 17.3 Å². The van der Waals surface area contributed by atoms with Crippen LogP contribution in [0, 0.1) is 19.7 Å². The first kappa shape index (κ1) is 14.3. The van der Waals surface area contributed by atoms with Gasteiger partial charge in [-0.1, -0.05) is 17.7 Å². The zero-order valence-corrected chi connectivity index (χ0v) is 11.9. The van der Waals surface area contributed by atoms with Crippen molar-refractivity contribution in [2.45, 2.75) is 13.8 Å². The van der Waals surface area contributed by atoms with E-state index in [0.717, 1.165) is 11.1 Å². The average Bonchev–Trinajstić information content (AvgIpc) is 2.35. The van der Waals surface area contributed by atoms with E-state index in [2.05, 4.69) is 5.32 Å². The minimum atomic E-state index is -0.669. The van der Waals surface area contributed by atoms with E-state index in [1.54, 1.807) is 12.1 Å². The summed E-state index contributed by atoms with van der Waals surface area (Å²) >= 11 is 5.85. The van der Waals surface area contributed by atoms with Gasteiger partial charge in [-0.05, 0) is 49.2 Å². The Balaban J connectivity index is 2.35. The number of hydrogen-bond acceptors (Lipinski definition) is 2. The highest BCUT2D eigenvalue weighted by atomic mass is 35.5. The normalized spacial score (nSPS) is 10.4. The number of rotatable bonds is 2. The topological polar surface area (TPSA) is 55.1 Å². The fourth-order valence-corrected chi connectivity index (χ4v) is 2.10. The molecule has 0 aromatic heterocycles. The summed E-state index contributed by atoms with van der Waals surface area (Å²) < 4.78 is 13.7. The van der Waals surface area contributed by atoms with E-state index < -0.39 is 11.7 Å². The third-order valence-corrected chi connectivity index (χ3v) is 3.42. The second kappa shape index (κ2) is 5.51. The molecular formula is C15H14ClFN2O. The predicted molar refractivity (Wildman–Crippen MR) is 79.7 cm³/mol. The van der Waals surface area contributed by atoms with Gasteiger partial charge in [0.15, 0.2) is 0 Å². The Morgan fingerprint density at radius 3 is 2.55 bits per heavy atom. The van der Waals surface area contributed by atoms with Crippen molar-refractivity contribution in [3.05, 3.63) is 57.9 Å². The summed E-state index contributed by atoms with van der Waals surface area (Å²) in [4.78, 5) is 12.1. The lowest BCUT2D eigenvalue weighted by atomic mass is 10.1. The lowest BCUT2D eigenvalue weighted by molar-refractivity contribution is 0.102. The smallest absolute Gasteiger partial charge is 0.260 e. The first-order valence-electron chi connectivity index (χ1n) is 6.02. The van der Waals surface area contributed by atoms with Gasteiger partial charge in [0.1, 0.15) is 5.82 Å². The van der Waals surface area contributed by atoms with Gasteiger partial charge in [0.2, 0.25) is 0 Å². The first-order chi connectivity index (χ1) is 9.40. The van der Waals surface area contributed by atoms with Crippen LogP contribution in [0.1, 0.15) is 21.5 Å². The molecule has 5 heteroatoms. The number of halogens is 2. The van der Waals surface area contributed by atoms with Crippen LogP contribution >= 0.6 is 11.6 Å². The van der Waals surface area contributed by atoms with Crippen molar-refractivity contribution in [2.24, 2.45) is 0 Å². The quantitative estimate of drug-likeness (QED) is 0.824. The van der Waals surface area contributed by atoms with Crippen LogP contribution in [0.3, 0.4) is 0 Å². The first-order valence-corrected chi connectivity index (χ1v) is 6.40. The number of carbonyl (C=O) groups is 1. The van der Waals surface area contributed by atoms with Crippen LogP contribution in [-0.2, 0) is 0 Å². The third kappa shape index (κ3) is 2.75. The zero-order chi connectivity index (χ0) is 14.9. The van der Waals surface area contributed by atoms with Gasteiger partial charge >= 0.3 is 0 Å². The summed E-state index contributed by atoms with van der Waals surface area (Å²) in [6.45, 7) is 3.82. The summed E-state index contributed by atoms with van der Waals surface area (Å²) in [5, 5.41) is 2.65. The van der Waals surface area contributed by atoms with Crippen LogP contribution in [0.2, 0.25) is 5.02 Å². The molecule has 2 rings (SSSR count). The number of nitrogens with two attached hydrogens (primary N) is 1. The van der Waals surface area contributed by atoms with E-state index in [9.17, 15) is 9.18 Å². The Bertz CT molecular complexity index is 666. The van der Waals surface area contributed by atoms with E-state index in [1.807, 2.05) is 13.8 Å². The molecule has 0 unspecified atom stereocenters.